The minimum absolute atomic E-state index is 0.310. The molecule has 2 N–H and O–H groups in total. The van der Waals surface area contributed by atoms with Gasteiger partial charge in [-0.15, -0.1) is 11.6 Å². The first-order chi connectivity index (χ1) is 5.70. The van der Waals surface area contributed by atoms with E-state index in [-0.39, 0.29) is 0 Å². The van der Waals surface area contributed by atoms with E-state index in [0.717, 1.165) is 0 Å². The SMILES string of the molecule is O=C(O)C(Cl)CSc1ncc[nH]1. The maximum atomic E-state index is 10.3. The first-order valence-corrected chi connectivity index (χ1v) is 4.61. The molecule has 0 fully saturated rings. The number of alkyl halides is 1. The molecule has 6 heteroatoms. The number of carboxylic acid groups (broad SMARTS) is 1. The second kappa shape index (κ2) is 4.37. The Morgan fingerprint density at radius 3 is 3.17 bits per heavy atom. The van der Waals surface area contributed by atoms with Gasteiger partial charge in [-0.25, -0.2) is 4.98 Å². The van der Waals surface area contributed by atoms with Gasteiger partial charge < -0.3 is 10.1 Å². The number of hydrogen-bond donors (Lipinski definition) is 2. The van der Waals surface area contributed by atoms with Crippen molar-refractivity contribution in [2.24, 2.45) is 0 Å². The normalized spacial score (nSPS) is 12.8. The van der Waals surface area contributed by atoms with Crippen LogP contribution < -0.4 is 0 Å². The van der Waals surface area contributed by atoms with Crippen LogP contribution in [-0.2, 0) is 4.79 Å². The van der Waals surface area contributed by atoms with Crippen molar-refractivity contribution in [2.45, 2.75) is 10.5 Å². The molecule has 0 aliphatic carbocycles. The van der Waals surface area contributed by atoms with Gasteiger partial charge in [-0.1, -0.05) is 11.8 Å². The third kappa shape index (κ3) is 2.75. The maximum absolute atomic E-state index is 10.3. The number of aliphatic carboxylic acids is 1. The Hall–Kier alpha value is -0.680. The van der Waals surface area contributed by atoms with Crippen molar-refractivity contribution in [3.8, 4) is 0 Å². The average Bonchev–Trinajstić information content (AvgIpc) is 2.51. The molecule has 0 aliphatic heterocycles. The maximum Gasteiger partial charge on any atom is 0.322 e. The van der Waals surface area contributed by atoms with E-state index in [4.69, 9.17) is 16.7 Å². The monoisotopic (exact) mass is 206 g/mol. The smallest absolute Gasteiger partial charge is 0.322 e. The number of carbonyl (C=O) groups is 1. The number of H-pyrrole nitrogens is 1. The van der Waals surface area contributed by atoms with Crippen molar-refractivity contribution >= 4 is 29.3 Å². The van der Waals surface area contributed by atoms with Crippen LogP contribution in [0.4, 0.5) is 0 Å². The van der Waals surface area contributed by atoms with Gasteiger partial charge in [0.05, 0.1) is 0 Å². The number of nitrogens with zero attached hydrogens (tertiary/aromatic N) is 1. The van der Waals surface area contributed by atoms with Crippen LogP contribution >= 0.6 is 23.4 Å². The van der Waals surface area contributed by atoms with Crippen LogP contribution in [0.5, 0.6) is 0 Å². The Kier molecular flexibility index (Phi) is 3.43. The van der Waals surface area contributed by atoms with E-state index >= 15 is 0 Å². The summed E-state index contributed by atoms with van der Waals surface area (Å²) in [6.07, 6.45) is 3.28. The fourth-order valence-corrected chi connectivity index (χ4v) is 1.48. The zero-order chi connectivity index (χ0) is 8.97. The number of carboxylic acids is 1. The molecule has 66 valence electrons. The lowest BCUT2D eigenvalue weighted by molar-refractivity contribution is -0.136. The summed E-state index contributed by atoms with van der Waals surface area (Å²) in [6, 6.07) is 0. The lowest BCUT2D eigenvalue weighted by Gasteiger charge is -2.00. The number of aromatic nitrogens is 2. The predicted octanol–water partition coefficient (Wildman–Crippen LogP) is 1.19. The Morgan fingerprint density at radius 1 is 1.92 bits per heavy atom. The van der Waals surface area contributed by atoms with E-state index in [1.807, 2.05) is 0 Å². The van der Waals surface area contributed by atoms with E-state index in [0.29, 0.717) is 10.9 Å². The zero-order valence-electron chi connectivity index (χ0n) is 6.03. The first kappa shape index (κ1) is 9.41. The molecule has 1 atom stereocenters. The number of hydrogen-bond acceptors (Lipinski definition) is 3. The molecular formula is C6H7ClN2O2S. The van der Waals surface area contributed by atoms with E-state index in [1.165, 1.54) is 11.8 Å². The zero-order valence-corrected chi connectivity index (χ0v) is 7.60. The van der Waals surface area contributed by atoms with Gasteiger partial charge in [0.25, 0.3) is 0 Å². The van der Waals surface area contributed by atoms with Gasteiger partial charge >= 0.3 is 5.97 Å². The molecule has 1 rings (SSSR count). The number of halogens is 1. The van der Waals surface area contributed by atoms with Gasteiger partial charge in [0.1, 0.15) is 5.38 Å². The Bertz CT molecular complexity index is 252. The molecule has 12 heavy (non-hydrogen) atoms. The summed E-state index contributed by atoms with van der Waals surface area (Å²) in [5.41, 5.74) is 0. The Balaban J connectivity index is 2.31. The lowest BCUT2D eigenvalue weighted by Crippen LogP contribution is -2.15. The second-order valence-electron chi connectivity index (χ2n) is 2.01. The number of rotatable bonds is 4. The van der Waals surface area contributed by atoms with Crippen LogP contribution in [0.25, 0.3) is 0 Å². The largest absolute Gasteiger partial charge is 0.480 e. The van der Waals surface area contributed by atoms with Crippen molar-refractivity contribution in [2.75, 3.05) is 5.75 Å². The molecule has 4 nitrogen and oxygen atoms in total. The molecule has 0 aromatic carbocycles. The fraction of sp³-hybridized carbons (Fsp3) is 0.333. The standard InChI is InChI=1S/C6H7ClN2O2S/c7-4(5(10)11)3-12-6-8-1-2-9-6/h1-2,4H,3H2,(H,8,9)(H,10,11). The molecule has 0 amide bonds. The Labute approximate surface area is 78.3 Å². The highest BCUT2D eigenvalue weighted by Crippen LogP contribution is 2.15. The average molecular weight is 207 g/mol. The number of aromatic amines is 1. The highest BCUT2D eigenvalue weighted by atomic mass is 35.5. The summed E-state index contributed by atoms with van der Waals surface area (Å²) in [5, 5.41) is 8.26. The lowest BCUT2D eigenvalue weighted by atomic mass is 10.5. The van der Waals surface area contributed by atoms with Gasteiger partial charge in [-0.3, -0.25) is 4.79 Å². The van der Waals surface area contributed by atoms with Crippen molar-refractivity contribution in [3.63, 3.8) is 0 Å². The molecule has 0 bridgehead atoms. The topological polar surface area (TPSA) is 66.0 Å². The van der Waals surface area contributed by atoms with Crippen molar-refractivity contribution in [1.29, 1.82) is 0 Å². The van der Waals surface area contributed by atoms with Gasteiger partial charge in [0.2, 0.25) is 0 Å². The number of thioether (sulfide) groups is 1. The van der Waals surface area contributed by atoms with Crippen LogP contribution in [0.2, 0.25) is 0 Å². The van der Waals surface area contributed by atoms with Crippen LogP contribution in [0.1, 0.15) is 0 Å². The van der Waals surface area contributed by atoms with Crippen LogP contribution in [0.3, 0.4) is 0 Å². The Morgan fingerprint density at radius 2 is 2.67 bits per heavy atom. The molecule has 0 spiro atoms. The number of nitrogens with one attached hydrogen (secondary N) is 1. The van der Waals surface area contributed by atoms with Gasteiger partial charge in [-0.05, 0) is 0 Å². The van der Waals surface area contributed by atoms with Crippen molar-refractivity contribution in [1.82, 2.24) is 9.97 Å². The van der Waals surface area contributed by atoms with Gasteiger partial charge in [0.15, 0.2) is 5.16 Å². The molecule has 1 aromatic rings. The third-order valence-electron chi connectivity index (χ3n) is 1.11. The molecule has 0 saturated carbocycles. The predicted molar refractivity (Wildman–Crippen MR) is 46.6 cm³/mol. The van der Waals surface area contributed by atoms with Crippen LogP contribution in [0, 0.1) is 0 Å². The van der Waals surface area contributed by atoms with Gasteiger partial charge in [0, 0.05) is 18.1 Å². The van der Waals surface area contributed by atoms with E-state index in [1.54, 1.807) is 12.4 Å². The molecule has 1 unspecified atom stereocenters. The second-order valence-corrected chi connectivity index (χ2v) is 3.55. The summed E-state index contributed by atoms with van der Waals surface area (Å²) in [6.45, 7) is 0. The fourth-order valence-electron chi connectivity index (χ4n) is 0.553. The summed E-state index contributed by atoms with van der Waals surface area (Å²) in [5.74, 6) is -0.694. The molecule has 1 aromatic heterocycles. The molecule has 1 heterocycles. The van der Waals surface area contributed by atoms with Crippen LogP contribution in [0.15, 0.2) is 17.6 Å². The minimum Gasteiger partial charge on any atom is -0.480 e. The highest BCUT2D eigenvalue weighted by molar-refractivity contribution is 7.99. The minimum atomic E-state index is -1.00. The third-order valence-corrected chi connectivity index (χ3v) is 2.63. The molecular weight excluding hydrogens is 200 g/mol. The molecule has 0 radical (unpaired) electrons. The van der Waals surface area contributed by atoms with Crippen molar-refractivity contribution in [3.05, 3.63) is 12.4 Å². The summed E-state index contributed by atoms with van der Waals surface area (Å²) in [7, 11) is 0. The highest BCUT2D eigenvalue weighted by Gasteiger charge is 2.13. The van der Waals surface area contributed by atoms with E-state index in [9.17, 15) is 4.79 Å². The van der Waals surface area contributed by atoms with E-state index < -0.39 is 11.3 Å². The first-order valence-electron chi connectivity index (χ1n) is 3.19. The van der Waals surface area contributed by atoms with Crippen molar-refractivity contribution < 1.29 is 9.90 Å². The summed E-state index contributed by atoms with van der Waals surface area (Å²) >= 11 is 6.75. The van der Waals surface area contributed by atoms with Gasteiger partial charge in [-0.2, -0.15) is 0 Å². The number of imidazole rings is 1. The molecule has 0 saturated heterocycles. The quantitative estimate of drug-likeness (QED) is 0.574. The summed E-state index contributed by atoms with van der Waals surface area (Å²) < 4.78 is 0. The van der Waals surface area contributed by atoms with Crippen LogP contribution in [-0.4, -0.2) is 32.2 Å². The summed E-state index contributed by atoms with van der Waals surface area (Å²) in [4.78, 5) is 17.0. The molecule has 0 aliphatic rings. The van der Waals surface area contributed by atoms with E-state index in [2.05, 4.69) is 9.97 Å².